The van der Waals surface area contributed by atoms with Gasteiger partial charge in [-0.1, -0.05) is 45.1 Å². The Morgan fingerprint density at radius 3 is 1.82 bits per heavy atom. The van der Waals surface area contributed by atoms with Gasteiger partial charge in [0.05, 0.1) is 0 Å². The lowest BCUT2D eigenvalue weighted by atomic mass is 9.95. The quantitative estimate of drug-likeness (QED) is 0.434. The Bertz CT molecular complexity index is 705. The lowest BCUT2D eigenvalue weighted by Crippen LogP contribution is -2.56. The summed E-state index contributed by atoms with van der Waals surface area (Å²) in [6.07, 6.45) is 13.3. The van der Waals surface area contributed by atoms with E-state index in [2.05, 4.69) is 6.58 Å². The van der Waals surface area contributed by atoms with Crippen LogP contribution in [0.4, 0.5) is 0 Å². The molecule has 0 unspecified atom stereocenters. The first-order valence-electron chi connectivity index (χ1n) is 13.2. The molecule has 2 aliphatic carbocycles. The molecule has 33 heavy (non-hydrogen) atoms. The van der Waals surface area contributed by atoms with Crippen molar-refractivity contribution in [2.45, 2.75) is 139 Å². The van der Waals surface area contributed by atoms with Gasteiger partial charge in [-0.2, -0.15) is 0 Å². The number of rotatable bonds is 3. The summed E-state index contributed by atoms with van der Waals surface area (Å²) in [6, 6.07) is 0. The third-order valence-electron chi connectivity index (χ3n) is 7.93. The molecule has 3 saturated heterocycles. The van der Waals surface area contributed by atoms with Crippen LogP contribution >= 0.6 is 0 Å². The largest absolute Gasteiger partial charge is 0.459 e. The average Bonchev–Trinajstić information content (AvgIpc) is 3.32. The van der Waals surface area contributed by atoms with E-state index in [-0.39, 0.29) is 24.9 Å². The van der Waals surface area contributed by atoms with E-state index in [0.717, 1.165) is 51.4 Å². The molecule has 2 saturated carbocycles. The maximum Gasteiger partial charge on any atom is 0.333 e. The Morgan fingerprint density at radius 1 is 0.758 bits per heavy atom. The Kier molecular flexibility index (Phi) is 7.15. The molecular weight excluding hydrogens is 424 g/mol. The van der Waals surface area contributed by atoms with Gasteiger partial charge < -0.3 is 28.4 Å². The molecule has 0 aromatic carbocycles. The molecule has 3 heterocycles. The average molecular weight is 465 g/mol. The summed E-state index contributed by atoms with van der Waals surface area (Å²) in [4.78, 5) is 12.1. The van der Waals surface area contributed by atoms with Crippen LogP contribution in [0, 0.1) is 0 Å². The van der Waals surface area contributed by atoms with Crippen molar-refractivity contribution in [1.82, 2.24) is 0 Å². The fraction of sp³-hybridized carbons (Fsp3) is 0.885. The maximum atomic E-state index is 12.1. The van der Waals surface area contributed by atoms with Crippen molar-refractivity contribution in [2.24, 2.45) is 0 Å². The van der Waals surface area contributed by atoms with Crippen LogP contribution < -0.4 is 0 Å². The molecule has 7 heteroatoms. The molecule has 0 N–H and O–H groups in total. The lowest BCUT2D eigenvalue weighted by molar-refractivity contribution is -0.253. The molecule has 0 bridgehead atoms. The van der Waals surface area contributed by atoms with Crippen LogP contribution in [-0.4, -0.2) is 54.9 Å². The third-order valence-corrected chi connectivity index (χ3v) is 7.93. The summed E-state index contributed by atoms with van der Waals surface area (Å²) in [7, 11) is 0. The molecule has 0 radical (unpaired) electrons. The number of carbonyl (C=O) groups excluding carboxylic acids is 1. The van der Waals surface area contributed by atoms with E-state index in [1.807, 2.05) is 0 Å². The minimum absolute atomic E-state index is 0.0892. The molecular formula is C26H40O7. The molecule has 5 aliphatic rings. The molecule has 2 spiro atoms. The van der Waals surface area contributed by atoms with Gasteiger partial charge in [0.2, 0.25) is 0 Å². The maximum absolute atomic E-state index is 12.1. The first kappa shape index (κ1) is 23.7. The Morgan fingerprint density at radius 2 is 1.24 bits per heavy atom. The van der Waals surface area contributed by atoms with Crippen LogP contribution in [0.1, 0.15) is 96.8 Å². The van der Waals surface area contributed by atoms with Gasteiger partial charge in [0, 0.05) is 31.3 Å². The summed E-state index contributed by atoms with van der Waals surface area (Å²) >= 11 is 0. The Hall–Kier alpha value is -0.990. The monoisotopic (exact) mass is 464 g/mol. The van der Waals surface area contributed by atoms with E-state index in [1.54, 1.807) is 6.92 Å². The molecule has 5 atom stereocenters. The summed E-state index contributed by atoms with van der Waals surface area (Å²) in [6.45, 7) is 5.42. The third kappa shape index (κ3) is 5.03. The van der Waals surface area contributed by atoms with E-state index in [4.69, 9.17) is 28.4 Å². The Labute approximate surface area is 197 Å². The van der Waals surface area contributed by atoms with Gasteiger partial charge in [0.1, 0.15) is 31.0 Å². The van der Waals surface area contributed by atoms with Crippen molar-refractivity contribution in [3.63, 3.8) is 0 Å². The van der Waals surface area contributed by atoms with Crippen molar-refractivity contribution in [1.29, 1.82) is 0 Å². The van der Waals surface area contributed by atoms with E-state index >= 15 is 0 Å². The van der Waals surface area contributed by atoms with Crippen molar-refractivity contribution < 1.29 is 33.2 Å². The SMILES string of the molecule is C=C(C)C(=O)OC[C@H]1O[C@H]2OC3(CCCCCCC3)O[C@@H]2[C@H]2OC3(CCCCCCC3)O[C@H]21. The molecule has 7 nitrogen and oxygen atoms in total. The van der Waals surface area contributed by atoms with E-state index < -0.39 is 29.9 Å². The number of hydrogen-bond acceptors (Lipinski definition) is 7. The normalized spacial score (nSPS) is 37.9. The number of esters is 1. The predicted octanol–water partition coefficient (Wildman–Crippen LogP) is 4.91. The zero-order valence-corrected chi connectivity index (χ0v) is 20.1. The molecule has 0 amide bonds. The highest BCUT2D eigenvalue weighted by atomic mass is 16.9. The second-order valence-corrected chi connectivity index (χ2v) is 10.6. The zero-order chi connectivity index (χ0) is 22.9. The molecule has 0 aromatic heterocycles. The number of hydrogen-bond donors (Lipinski definition) is 0. The van der Waals surface area contributed by atoms with Gasteiger partial charge >= 0.3 is 5.97 Å². The summed E-state index contributed by atoms with van der Waals surface area (Å²) in [5.74, 6) is -1.63. The smallest absolute Gasteiger partial charge is 0.333 e. The van der Waals surface area contributed by atoms with Crippen LogP contribution in [0.5, 0.6) is 0 Å². The fourth-order valence-electron chi connectivity index (χ4n) is 6.16. The van der Waals surface area contributed by atoms with Crippen molar-refractivity contribution in [2.75, 3.05) is 6.61 Å². The van der Waals surface area contributed by atoms with Crippen LogP contribution in [0.15, 0.2) is 12.2 Å². The minimum atomic E-state index is -0.608. The highest BCUT2D eigenvalue weighted by Gasteiger charge is 2.63. The van der Waals surface area contributed by atoms with Crippen LogP contribution in [0.2, 0.25) is 0 Å². The first-order chi connectivity index (χ1) is 16.0. The predicted molar refractivity (Wildman–Crippen MR) is 120 cm³/mol. The van der Waals surface area contributed by atoms with Crippen molar-refractivity contribution in [3.05, 3.63) is 12.2 Å². The van der Waals surface area contributed by atoms with Gasteiger partial charge in [-0.05, 0) is 32.6 Å². The van der Waals surface area contributed by atoms with Crippen LogP contribution in [0.25, 0.3) is 0 Å². The molecule has 5 fully saturated rings. The first-order valence-corrected chi connectivity index (χ1v) is 13.2. The highest BCUT2D eigenvalue weighted by molar-refractivity contribution is 5.86. The summed E-state index contributed by atoms with van der Waals surface area (Å²) in [5, 5.41) is 0. The van der Waals surface area contributed by atoms with Gasteiger partial charge in [-0.15, -0.1) is 0 Å². The summed E-state index contributed by atoms with van der Waals surface area (Å²) < 4.78 is 38.5. The van der Waals surface area contributed by atoms with Crippen LogP contribution in [0.3, 0.4) is 0 Å². The summed E-state index contributed by atoms with van der Waals surface area (Å²) in [5.41, 5.74) is 0.370. The van der Waals surface area contributed by atoms with E-state index in [1.165, 1.54) is 38.5 Å². The zero-order valence-electron chi connectivity index (χ0n) is 20.1. The number of carbonyl (C=O) groups is 1. The number of ether oxygens (including phenoxy) is 6. The van der Waals surface area contributed by atoms with E-state index in [9.17, 15) is 4.79 Å². The second kappa shape index (κ2) is 9.94. The van der Waals surface area contributed by atoms with Crippen molar-refractivity contribution >= 4 is 5.97 Å². The molecule has 186 valence electrons. The van der Waals surface area contributed by atoms with Gasteiger partial charge in [-0.3, -0.25) is 0 Å². The van der Waals surface area contributed by atoms with Gasteiger partial charge in [-0.25, -0.2) is 4.79 Å². The lowest BCUT2D eigenvalue weighted by Gasteiger charge is -2.36. The van der Waals surface area contributed by atoms with E-state index in [0.29, 0.717) is 5.57 Å². The standard InChI is InChI=1S/C26H40O7/c1-18(2)23(27)28-17-19-20-21(31-25(30-20)13-9-5-3-6-10-14-25)22-24(29-19)33-26(32-22)15-11-7-4-8-12-16-26/h19-22,24H,1,3-17H2,2H3/t19-,20+,21+,22-,24+/m1/s1. The fourth-order valence-corrected chi connectivity index (χ4v) is 6.16. The van der Waals surface area contributed by atoms with Gasteiger partial charge in [0.15, 0.2) is 17.9 Å². The molecule has 0 aromatic rings. The van der Waals surface area contributed by atoms with Gasteiger partial charge in [0.25, 0.3) is 0 Å². The topological polar surface area (TPSA) is 72.5 Å². The van der Waals surface area contributed by atoms with Crippen molar-refractivity contribution in [3.8, 4) is 0 Å². The molecule has 5 rings (SSSR count). The minimum Gasteiger partial charge on any atom is -0.459 e. The Balaban J connectivity index is 1.36. The highest BCUT2D eigenvalue weighted by Crippen LogP contribution is 2.50. The number of fused-ring (bicyclic) bond motifs is 3. The van der Waals surface area contributed by atoms with Crippen LogP contribution in [-0.2, 0) is 33.2 Å². The second-order valence-electron chi connectivity index (χ2n) is 10.6. The molecule has 3 aliphatic heterocycles.